The fourth-order valence-corrected chi connectivity index (χ4v) is 5.15. The monoisotopic (exact) mass is 368 g/mol. The van der Waals surface area contributed by atoms with Crippen molar-refractivity contribution in [3.8, 4) is 23.2 Å². The molecule has 0 bridgehead atoms. The predicted octanol–water partition coefficient (Wildman–Crippen LogP) is 4.34. The second-order valence-corrected chi connectivity index (χ2v) is 8.80. The molecule has 3 aromatic rings. The summed E-state index contributed by atoms with van der Waals surface area (Å²) in [5, 5.41) is 17.1. The molecule has 7 heteroatoms. The normalized spacial score (nSPS) is 16.5. The molecule has 0 unspecified atom stereocenters. The molecule has 25 heavy (non-hydrogen) atoms. The van der Waals surface area contributed by atoms with Gasteiger partial charge in [-0.15, -0.1) is 27.8 Å². The summed E-state index contributed by atoms with van der Waals surface area (Å²) in [7, 11) is 0. The highest BCUT2D eigenvalue weighted by Gasteiger charge is 2.36. The van der Waals surface area contributed by atoms with E-state index in [-0.39, 0.29) is 11.8 Å². The van der Waals surface area contributed by atoms with E-state index in [0.29, 0.717) is 11.5 Å². The second kappa shape index (κ2) is 5.76. The highest BCUT2D eigenvalue weighted by molar-refractivity contribution is 7.12. The predicted molar refractivity (Wildman–Crippen MR) is 99.7 cm³/mol. The molecule has 3 N–H and O–H groups in total. The van der Waals surface area contributed by atoms with Crippen molar-refractivity contribution in [3.05, 3.63) is 54.7 Å². The van der Waals surface area contributed by atoms with Gasteiger partial charge in [-0.1, -0.05) is 0 Å². The minimum atomic E-state index is -0.263. The number of nitriles is 1. The molecule has 4 rings (SSSR count). The van der Waals surface area contributed by atoms with Crippen LogP contribution in [-0.2, 0) is 0 Å². The minimum absolute atomic E-state index is 0.127. The summed E-state index contributed by atoms with van der Waals surface area (Å²) in [4.78, 5) is 4.68. The highest BCUT2D eigenvalue weighted by atomic mass is 32.1. The van der Waals surface area contributed by atoms with Gasteiger partial charge in [0.1, 0.15) is 11.6 Å². The van der Waals surface area contributed by atoms with Crippen LogP contribution in [0.4, 0.5) is 0 Å². The number of aromatic nitrogens is 2. The van der Waals surface area contributed by atoms with E-state index in [1.54, 1.807) is 22.7 Å². The van der Waals surface area contributed by atoms with Crippen molar-refractivity contribution in [2.24, 2.45) is 5.73 Å². The Morgan fingerprint density at radius 2 is 2.04 bits per heavy atom. The average Bonchev–Trinajstić information content (AvgIpc) is 3.24. The Balaban J connectivity index is 1.97. The molecule has 0 spiro atoms. The van der Waals surface area contributed by atoms with Crippen LogP contribution in [0.5, 0.6) is 5.88 Å². The zero-order chi connectivity index (χ0) is 17.7. The van der Waals surface area contributed by atoms with Crippen LogP contribution in [-0.4, -0.2) is 10.2 Å². The van der Waals surface area contributed by atoms with Gasteiger partial charge in [0.15, 0.2) is 0 Å². The minimum Gasteiger partial charge on any atom is -0.420 e. The van der Waals surface area contributed by atoms with Crippen molar-refractivity contribution < 1.29 is 4.74 Å². The van der Waals surface area contributed by atoms with Crippen molar-refractivity contribution in [1.29, 1.82) is 5.26 Å². The second-order valence-electron chi connectivity index (χ2n) is 6.02. The number of nitrogens with two attached hydrogens (primary N) is 1. The lowest BCUT2D eigenvalue weighted by molar-refractivity contribution is 0.379. The summed E-state index contributed by atoms with van der Waals surface area (Å²) >= 11 is 3.40. The molecule has 1 aliphatic heterocycles. The Hall–Kier alpha value is -2.56. The Bertz CT molecular complexity index is 1050. The van der Waals surface area contributed by atoms with Gasteiger partial charge in [0.05, 0.1) is 17.2 Å². The van der Waals surface area contributed by atoms with Crippen LogP contribution in [0.2, 0.25) is 0 Å². The van der Waals surface area contributed by atoms with E-state index in [1.165, 1.54) is 14.6 Å². The van der Waals surface area contributed by atoms with Gasteiger partial charge in [0.25, 0.3) is 0 Å². The fourth-order valence-electron chi connectivity index (χ4n) is 3.22. The van der Waals surface area contributed by atoms with Gasteiger partial charge in [0.2, 0.25) is 11.8 Å². The van der Waals surface area contributed by atoms with Gasteiger partial charge in [-0.2, -0.15) is 5.26 Å². The van der Waals surface area contributed by atoms with E-state index in [9.17, 15) is 5.26 Å². The lowest BCUT2D eigenvalue weighted by atomic mass is 9.87. The lowest BCUT2D eigenvalue weighted by Crippen LogP contribution is -2.20. The Kier molecular flexibility index (Phi) is 3.67. The van der Waals surface area contributed by atoms with Crippen LogP contribution in [0.15, 0.2) is 29.7 Å². The molecule has 0 saturated carbocycles. The maximum Gasteiger partial charge on any atom is 0.244 e. The highest BCUT2D eigenvalue weighted by Crippen LogP contribution is 2.48. The standard InChI is InChI=1S/C18H16N4OS2/c1-8-4-5-13(25-8)14-12(7-19)17(20)23-18-15(14)16(21-22-18)11-6-9(2)24-10(11)3/h4-6,14H,20H2,1-3H3,(H,21,22)/t14-/m0/s1. The van der Waals surface area contributed by atoms with E-state index in [1.807, 2.05) is 6.07 Å². The molecule has 0 fully saturated rings. The zero-order valence-electron chi connectivity index (χ0n) is 14.0. The summed E-state index contributed by atoms with van der Waals surface area (Å²) < 4.78 is 5.64. The molecule has 3 aromatic heterocycles. The Morgan fingerprint density at radius 3 is 2.64 bits per heavy atom. The summed E-state index contributed by atoms with van der Waals surface area (Å²) in [5.74, 6) is 0.314. The van der Waals surface area contributed by atoms with E-state index < -0.39 is 0 Å². The summed E-state index contributed by atoms with van der Waals surface area (Å²) in [6.07, 6.45) is 0. The Labute approximate surface area is 153 Å². The Morgan fingerprint density at radius 1 is 1.24 bits per heavy atom. The summed E-state index contributed by atoms with van der Waals surface area (Å²) in [6.45, 7) is 6.22. The first-order valence-electron chi connectivity index (χ1n) is 7.79. The molecule has 5 nitrogen and oxygen atoms in total. The number of rotatable bonds is 2. The quantitative estimate of drug-likeness (QED) is 0.704. The zero-order valence-corrected chi connectivity index (χ0v) is 15.6. The molecule has 1 atom stereocenters. The van der Waals surface area contributed by atoms with Gasteiger partial charge >= 0.3 is 0 Å². The molecule has 0 amide bonds. The van der Waals surface area contributed by atoms with Gasteiger partial charge in [-0.25, -0.2) is 0 Å². The number of nitrogens with one attached hydrogen (secondary N) is 1. The van der Waals surface area contributed by atoms with E-state index in [0.717, 1.165) is 21.7 Å². The first-order valence-corrected chi connectivity index (χ1v) is 9.42. The first kappa shape index (κ1) is 15.9. The van der Waals surface area contributed by atoms with Gasteiger partial charge in [-0.3, -0.25) is 5.10 Å². The SMILES string of the molecule is Cc1ccc([C@@H]2C(C#N)=C(N)Oc3n[nH]c(-c4cc(C)sc4C)c32)s1. The van der Waals surface area contributed by atoms with Gasteiger partial charge in [-0.05, 0) is 39.0 Å². The number of aryl methyl sites for hydroxylation is 3. The third-order valence-electron chi connectivity index (χ3n) is 4.29. The van der Waals surface area contributed by atoms with Crippen molar-refractivity contribution in [2.75, 3.05) is 0 Å². The number of H-pyrrole nitrogens is 1. The number of aromatic amines is 1. The number of nitrogens with zero attached hydrogens (tertiary/aromatic N) is 2. The molecule has 4 heterocycles. The van der Waals surface area contributed by atoms with Crippen molar-refractivity contribution in [1.82, 2.24) is 10.2 Å². The van der Waals surface area contributed by atoms with Crippen LogP contribution in [0, 0.1) is 32.1 Å². The molecule has 0 radical (unpaired) electrons. The van der Waals surface area contributed by atoms with E-state index in [2.05, 4.69) is 49.2 Å². The van der Waals surface area contributed by atoms with Crippen LogP contribution in [0.25, 0.3) is 11.3 Å². The van der Waals surface area contributed by atoms with Crippen LogP contribution >= 0.6 is 22.7 Å². The maximum atomic E-state index is 9.69. The smallest absolute Gasteiger partial charge is 0.244 e. The topological polar surface area (TPSA) is 87.7 Å². The van der Waals surface area contributed by atoms with E-state index >= 15 is 0 Å². The van der Waals surface area contributed by atoms with Crippen molar-refractivity contribution >= 4 is 22.7 Å². The summed E-state index contributed by atoms with van der Waals surface area (Å²) in [5.41, 5.74) is 9.31. The number of thiophene rings is 2. The number of hydrogen-bond donors (Lipinski definition) is 2. The molecular weight excluding hydrogens is 352 g/mol. The number of hydrogen-bond acceptors (Lipinski definition) is 6. The number of allylic oxidation sites excluding steroid dienone is 1. The van der Waals surface area contributed by atoms with Crippen molar-refractivity contribution in [2.45, 2.75) is 26.7 Å². The number of fused-ring (bicyclic) bond motifs is 1. The molecule has 0 saturated heterocycles. The molecular formula is C18H16N4OS2. The first-order chi connectivity index (χ1) is 12.0. The molecule has 126 valence electrons. The average molecular weight is 368 g/mol. The third kappa shape index (κ3) is 2.46. The van der Waals surface area contributed by atoms with Crippen LogP contribution < -0.4 is 10.5 Å². The largest absolute Gasteiger partial charge is 0.420 e. The molecule has 0 aliphatic carbocycles. The van der Waals surface area contributed by atoms with Crippen LogP contribution in [0.3, 0.4) is 0 Å². The van der Waals surface area contributed by atoms with Gasteiger partial charge < -0.3 is 10.5 Å². The van der Waals surface area contributed by atoms with Crippen LogP contribution in [0.1, 0.15) is 31.0 Å². The van der Waals surface area contributed by atoms with E-state index in [4.69, 9.17) is 10.5 Å². The fraction of sp³-hybridized carbons (Fsp3) is 0.222. The molecule has 1 aliphatic rings. The number of ether oxygens (including phenoxy) is 1. The van der Waals surface area contributed by atoms with Crippen molar-refractivity contribution in [3.63, 3.8) is 0 Å². The maximum absolute atomic E-state index is 9.69. The van der Waals surface area contributed by atoms with Gasteiger partial charge in [0, 0.05) is 25.1 Å². The lowest BCUT2D eigenvalue weighted by Gasteiger charge is -2.22. The third-order valence-corrected chi connectivity index (χ3v) is 6.33. The molecule has 0 aromatic carbocycles. The summed E-state index contributed by atoms with van der Waals surface area (Å²) in [6, 6.07) is 8.48.